The minimum Gasteiger partial charge on any atom is -0.356 e. The Morgan fingerprint density at radius 2 is 2.09 bits per heavy atom. The van der Waals surface area contributed by atoms with Gasteiger partial charge in [-0.3, -0.25) is 4.79 Å². The fourth-order valence-electron chi connectivity index (χ4n) is 2.80. The molecular weight excluding hydrogens is 400 g/mol. The van der Waals surface area contributed by atoms with Crippen molar-refractivity contribution in [3.63, 3.8) is 0 Å². The molecule has 1 aliphatic rings. The van der Waals surface area contributed by atoms with Gasteiger partial charge in [-0.05, 0) is 53.2 Å². The van der Waals surface area contributed by atoms with E-state index in [9.17, 15) is 13.2 Å². The third-order valence-electron chi connectivity index (χ3n) is 4.31. The van der Waals surface area contributed by atoms with Crippen molar-refractivity contribution in [1.29, 1.82) is 0 Å². The number of nitrogens with one attached hydrogen (secondary N) is 1. The first-order valence-corrected chi connectivity index (χ1v) is 10.9. The first kappa shape index (κ1) is 18.9. The molecule has 1 amide bonds. The maximum atomic E-state index is 12.6. The largest absolute Gasteiger partial charge is 0.356 e. The normalized spacial score (nSPS) is 18.7. The molecule has 8 heteroatoms. The van der Waals surface area contributed by atoms with Crippen LogP contribution in [0, 0.1) is 11.8 Å². The lowest BCUT2D eigenvalue weighted by Gasteiger charge is -2.33. The second-order valence-electron chi connectivity index (χ2n) is 5.88. The van der Waals surface area contributed by atoms with E-state index in [1.54, 1.807) is 16.4 Å². The van der Waals surface area contributed by atoms with Crippen LogP contribution in [0.5, 0.6) is 0 Å². The van der Waals surface area contributed by atoms with Crippen LogP contribution < -0.4 is 5.32 Å². The van der Waals surface area contributed by atoms with Gasteiger partial charge in [-0.15, -0.1) is 11.3 Å². The Balaban J connectivity index is 1.94. The zero-order chi connectivity index (χ0) is 17.0. The maximum absolute atomic E-state index is 12.6. The summed E-state index contributed by atoms with van der Waals surface area (Å²) in [6.07, 6.45) is 2.38. The predicted octanol–water partition coefficient (Wildman–Crippen LogP) is 3.07. The van der Waals surface area contributed by atoms with Crippen molar-refractivity contribution >= 4 is 43.2 Å². The molecular formula is C15H23BrN2O3S2. The van der Waals surface area contributed by atoms with Gasteiger partial charge >= 0.3 is 0 Å². The summed E-state index contributed by atoms with van der Waals surface area (Å²) in [6.45, 7) is 5.62. The van der Waals surface area contributed by atoms with Gasteiger partial charge in [-0.25, -0.2) is 8.42 Å². The molecule has 2 rings (SSSR count). The van der Waals surface area contributed by atoms with Crippen LogP contribution in [0.25, 0.3) is 0 Å². The van der Waals surface area contributed by atoms with E-state index in [4.69, 9.17) is 0 Å². The summed E-state index contributed by atoms with van der Waals surface area (Å²) >= 11 is 4.54. The number of halogens is 1. The van der Waals surface area contributed by atoms with Crippen LogP contribution in [0.15, 0.2) is 20.1 Å². The second-order valence-corrected chi connectivity index (χ2v) is 10.5. The molecule has 1 saturated heterocycles. The van der Waals surface area contributed by atoms with E-state index in [0.29, 0.717) is 23.8 Å². The highest BCUT2D eigenvalue weighted by Crippen LogP contribution is 2.32. The Labute approximate surface area is 150 Å². The van der Waals surface area contributed by atoms with Gasteiger partial charge < -0.3 is 5.32 Å². The van der Waals surface area contributed by atoms with Gasteiger partial charge in [0, 0.05) is 25.6 Å². The zero-order valence-corrected chi connectivity index (χ0v) is 16.6. The lowest BCUT2D eigenvalue weighted by atomic mass is 9.85. The molecule has 0 saturated carbocycles. The van der Waals surface area contributed by atoms with Crippen LogP contribution in [0.1, 0.15) is 33.1 Å². The van der Waals surface area contributed by atoms with Gasteiger partial charge in [-0.2, -0.15) is 4.31 Å². The molecule has 1 atom stereocenters. The predicted molar refractivity (Wildman–Crippen MR) is 96.0 cm³/mol. The van der Waals surface area contributed by atoms with Crippen LogP contribution in [0.4, 0.5) is 0 Å². The first-order chi connectivity index (χ1) is 10.9. The molecule has 0 unspecified atom stereocenters. The average molecular weight is 423 g/mol. The minimum atomic E-state index is -3.40. The molecule has 1 N–H and O–H groups in total. The van der Waals surface area contributed by atoms with Gasteiger partial charge in [0.05, 0.1) is 3.79 Å². The smallest absolute Gasteiger partial charge is 0.252 e. The fraction of sp³-hybridized carbons (Fsp3) is 0.667. The van der Waals surface area contributed by atoms with E-state index in [1.165, 1.54) is 11.3 Å². The van der Waals surface area contributed by atoms with E-state index < -0.39 is 10.0 Å². The van der Waals surface area contributed by atoms with Gasteiger partial charge in [0.2, 0.25) is 5.91 Å². The van der Waals surface area contributed by atoms with Crippen LogP contribution in [0.2, 0.25) is 0 Å². The van der Waals surface area contributed by atoms with Crippen molar-refractivity contribution in [2.24, 2.45) is 11.8 Å². The number of hydrogen-bond acceptors (Lipinski definition) is 4. The van der Waals surface area contributed by atoms with Gasteiger partial charge in [0.25, 0.3) is 10.0 Å². The van der Waals surface area contributed by atoms with Crippen molar-refractivity contribution in [3.05, 3.63) is 15.9 Å². The molecule has 0 aliphatic carbocycles. The van der Waals surface area contributed by atoms with Crippen LogP contribution >= 0.6 is 27.3 Å². The molecule has 1 aromatic rings. The molecule has 130 valence electrons. The molecule has 1 aromatic heterocycles. The van der Waals surface area contributed by atoms with Crippen molar-refractivity contribution in [2.45, 2.75) is 37.3 Å². The number of carbonyl (C=O) groups is 1. The SMILES string of the molecule is CCCNC(=O)[C@@H](C)C1CCN(S(=O)(=O)c2ccc(Br)s2)CC1. The highest BCUT2D eigenvalue weighted by atomic mass is 79.9. The standard InChI is InChI=1S/C15H23BrN2O3S2/c1-3-8-17-15(19)11(2)12-6-9-18(10-7-12)23(20,21)14-5-4-13(16)22-14/h4-5,11-12H,3,6-10H2,1-2H3,(H,17,19)/t11-/m0/s1. The Bertz CT molecular complexity index is 637. The lowest BCUT2D eigenvalue weighted by molar-refractivity contribution is -0.126. The van der Waals surface area contributed by atoms with Gasteiger partial charge in [0.15, 0.2) is 0 Å². The quantitative estimate of drug-likeness (QED) is 0.765. The molecule has 2 heterocycles. The zero-order valence-electron chi connectivity index (χ0n) is 13.4. The molecule has 1 aliphatic heterocycles. The summed E-state index contributed by atoms with van der Waals surface area (Å²) in [6, 6.07) is 3.39. The average Bonchev–Trinajstić information content (AvgIpc) is 2.99. The molecule has 0 bridgehead atoms. The van der Waals surface area contributed by atoms with Crippen molar-refractivity contribution in [3.8, 4) is 0 Å². The molecule has 0 radical (unpaired) electrons. The summed E-state index contributed by atoms with van der Waals surface area (Å²) < 4.78 is 27.9. The van der Waals surface area contributed by atoms with E-state index in [1.807, 2.05) is 13.8 Å². The molecule has 1 fully saturated rings. The molecule has 0 spiro atoms. The van der Waals surface area contributed by atoms with Crippen molar-refractivity contribution < 1.29 is 13.2 Å². The Morgan fingerprint density at radius 3 is 2.61 bits per heavy atom. The maximum Gasteiger partial charge on any atom is 0.252 e. The number of carbonyl (C=O) groups excluding carboxylic acids is 1. The summed E-state index contributed by atoms with van der Waals surface area (Å²) in [7, 11) is -3.40. The van der Waals surface area contributed by atoms with E-state index in [-0.39, 0.29) is 17.7 Å². The first-order valence-electron chi connectivity index (χ1n) is 7.89. The second kappa shape index (κ2) is 8.09. The number of piperidine rings is 1. The van der Waals surface area contributed by atoms with E-state index in [2.05, 4.69) is 21.2 Å². The Morgan fingerprint density at radius 1 is 1.43 bits per heavy atom. The Kier molecular flexibility index (Phi) is 6.65. The highest BCUT2D eigenvalue weighted by Gasteiger charge is 2.33. The van der Waals surface area contributed by atoms with Gasteiger partial charge in [0.1, 0.15) is 4.21 Å². The number of nitrogens with zero attached hydrogens (tertiary/aromatic N) is 1. The number of thiophene rings is 1. The number of rotatable bonds is 6. The van der Waals surface area contributed by atoms with Gasteiger partial charge in [-0.1, -0.05) is 13.8 Å². The monoisotopic (exact) mass is 422 g/mol. The van der Waals surface area contributed by atoms with E-state index >= 15 is 0 Å². The third kappa shape index (κ3) is 4.55. The summed E-state index contributed by atoms with van der Waals surface area (Å²) in [5.74, 6) is 0.256. The third-order valence-corrected chi connectivity index (χ3v) is 8.30. The van der Waals surface area contributed by atoms with Crippen LogP contribution in [-0.4, -0.2) is 38.3 Å². The number of hydrogen-bond donors (Lipinski definition) is 1. The number of amides is 1. The fourth-order valence-corrected chi connectivity index (χ4v) is 6.44. The lowest BCUT2D eigenvalue weighted by Crippen LogP contribution is -2.42. The molecule has 23 heavy (non-hydrogen) atoms. The summed E-state index contributed by atoms with van der Waals surface area (Å²) in [5.41, 5.74) is 0. The Hall–Kier alpha value is -0.440. The minimum absolute atomic E-state index is 0.0673. The number of sulfonamides is 1. The summed E-state index contributed by atoms with van der Waals surface area (Å²) in [4.78, 5) is 12.1. The summed E-state index contributed by atoms with van der Waals surface area (Å²) in [5, 5.41) is 2.93. The highest BCUT2D eigenvalue weighted by molar-refractivity contribution is 9.11. The van der Waals surface area contributed by atoms with Crippen molar-refractivity contribution in [1.82, 2.24) is 9.62 Å². The van der Waals surface area contributed by atoms with Crippen molar-refractivity contribution in [2.75, 3.05) is 19.6 Å². The van der Waals surface area contributed by atoms with E-state index in [0.717, 1.165) is 23.0 Å². The molecule has 5 nitrogen and oxygen atoms in total. The van der Waals surface area contributed by atoms with Crippen LogP contribution in [0.3, 0.4) is 0 Å². The van der Waals surface area contributed by atoms with Crippen LogP contribution in [-0.2, 0) is 14.8 Å². The molecule has 0 aromatic carbocycles. The topological polar surface area (TPSA) is 66.5 Å².